The van der Waals surface area contributed by atoms with E-state index in [1.165, 1.54) is 13.2 Å². The fourth-order valence-electron chi connectivity index (χ4n) is 3.01. The number of esters is 1. The Morgan fingerprint density at radius 3 is 2.52 bits per heavy atom. The average molecular weight is 388 g/mol. The van der Waals surface area contributed by atoms with Gasteiger partial charge in [-0.2, -0.15) is 0 Å². The predicted molar refractivity (Wildman–Crippen MR) is 106 cm³/mol. The van der Waals surface area contributed by atoms with E-state index >= 15 is 0 Å². The minimum atomic E-state index is -0.496. The van der Waals surface area contributed by atoms with Gasteiger partial charge in [-0.05, 0) is 49.1 Å². The number of benzene rings is 1. The molecule has 1 aliphatic rings. The van der Waals surface area contributed by atoms with Crippen molar-refractivity contribution in [1.82, 2.24) is 4.98 Å². The lowest BCUT2D eigenvalue weighted by molar-refractivity contribution is 0.0600. The third-order valence-electron chi connectivity index (χ3n) is 4.75. The number of amides is 1. The molecule has 142 valence electrons. The number of nitrogens with one attached hydrogen (secondary N) is 1. The second kappa shape index (κ2) is 8.39. The van der Waals surface area contributed by atoms with E-state index in [2.05, 4.69) is 26.9 Å². The number of halogens is 1. The van der Waals surface area contributed by atoms with Crippen molar-refractivity contribution in [3.8, 4) is 0 Å². The molecule has 1 N–H and O–H groups in total. The van der Waals surface area contributed by atoms with Crippen LogP contribution in [-0.2, 0) is 4.74 Å². The molecule has 7 heteroatoms. The van der Waals surface area contributed by atoms with Gasteiger partial charge >= 0.3 is 5.97 Å². The number of piperidine rings is 1. The number of anilines is 2. The number of aromatic nitrogens is 1. The summed E-state index contributed by atoms with van der Waals surface area (Å²) in [7, 11) is 1.30. The van der Waals surface area contributed by atoms with Crippen LogP contribution in [0.15, 0.2) is 36.5 Å². The van der Waals surface area contributed by atoms with Crippen LogP contribution in [0.4, 0.5) is 11.5 Å². The Labute approximate surface area is 163 Å². The molecule has 0 saturated carbocycles. The fourth-order valence-corrected chi connectivity index (χ4v) is 3.17. The van der Waals surface area contributed by atoms with Gasteiger partial charge in [-0.15, -0.1) is 0 Å². The molecule has 0 atom stereocenters. The molecule has 27 heavy (non-hydrogen) atoms. The van der Waals surface area contributed by atoms with Gasteiger partial charge in [-0.1, -0.05) is 18.5 Å². The van der Waals surface area contributed by atoms with Crippen molar-refractivity contribution in [3.05, 3.63) is 52.7 Å². The maximum absolute atomic E-state index is 12.5. The Kier molecular flexibility index (Phi) is 5.96. The van der Waals surface area contributed by atoms with Gasteiger partial charge in [0, 0.05) is 19.3 Å². The summed E-state index contributed by atoms with van der Waals surface area (Å²) in [5.74, 6) is 0.787. The van der Waals surface area contributed by atoms with Crippen LogP contribution in [0.5, 0.6) is 0 Å². The molecule has 6 nitrogen and oxygen atoms in total. The van der Waals surface area contributed by atoms with Gasteiger partial charge in [0.05, 0.1) is 28.9 Å². The van der Waals surface area contributed by atoms with Crippen LogP contribution in [0.1, 0.15) is 40.5 Å². The van der Waals surface area contributed by atoms with E-state index in [0.717, 1.165) is 37.7 Å². The molecule has 3 rings (SSSR count). The molecule has 0 spiro atoms. The standard InChI is InChI=1S/C20H22ClN3O3/c1-13-7-9-24(10-8-13)18-6-4-15(12-22-18)19(25)23-17-11-14(20(26)27-2)3-5-16(17)21/h3-6,11-13H,7-10H2,1-2H3,(H,23,25). The Morgan fingerprint density at radius 1 is 1.19 bits per heavy atom. The Hall–Kier alpha value is -2.60. The highest BCUT2D eigenvalue weighted by atomic mass is 35.5. The number of ether oxygens (including phenoxy) is 1. The van der Waals surface area contributed by atoms with Gasteiger partial charge in [0.1, 0.15) is 5.82 Å². The second-order valence-corrected chi connectivity index (χ2v) is 7.12. The smallest absolute Gasteiger partial charge is 0.337 e. The molecule has 0 bridgehead atoms. The van der Waals surface area contributed by atoms with E-state index in [1.54, 1.807) is 24.4 Å². The van der Waals surface area contributed by atoms with E-state index in [-0.39, 0.29) is 5.91 Å². The summed E-state index contributed by atoms with van der Waals surface area (Å²) in [6.07, 6.45) is 3.86. The zero-order valence-corrected chi connectivity index (χ0v) is 16.1. The van der Waals surface area contributed by atoms with Crippen LogP contribution < -0.4 is 10.2 Å². The van der Waals surface area contributed by atoms with Crippen molar-refractivity contribution in [2.75, 3.05) is 30.4 Å². The first-order valence-electron chi connectivity index (χ1n) is 8.88. The summed E-state index contributed by atoms with van der Waals surface area (Å²) >= 11 is 6.13. The summed E-state index contributed by atoms with van der Waals surface area (Å²) in [4.78, 5) is 30.8. The lowest BCUT2D eigenvalue weighted by atomic mass is 9.99. The highest BCUT2D eigenvalue weighted by Gasteiger charge is 2.18. The number of hydrogen-bond donors (Lipinski definition) is 1. The molecular weight excluding hydrogens is 366 g/mol. The highest BCUT2D eigenvalue weighted by molar-refractivity contribution is 6.34. The van der Waals surface area contributed by atoms with Crippen molar-refractivity contribution in [2.45, 2.75) is 19.8 Å². The van der Waals surface area contributed by atoms with Gasteiger partial charge in [0.2, 0.25) is 0 Å². The van der Waals surface area contributed by atoms with Gasteiger partial charge in [-0.25, -0.2) is 9.78 Å². The molecular formula is C20H22ClN3O3. The van der Waals surface area contributed by atoms with Crippen LogP contribution in [0, 0.1) is 5.92 Å². The van der Waals surface area contributed by atoms with Crippen molar-refractivity contribution in [3.63, 3.8) is 0 Å². The van der Waals surface area contributed by atoms with Gasteiger partial charge in [0.15, 0.2) is 0 Å². The van der Waals surface area contributed by atoms with Gasteiger partial charge < -0.3 is 15.0 Å². The number of rotatable bonds is 4. The SMILES string of the molecule is COC(=O)c1ccc(Cl)c(NC(=O)c2ccc(N3CCC(C)CC3)nc2)c1. The van der Waals surface area contributed by atoms with Crippen molar-refractivity contribution in [2.24, 2.45) is 5.92 Å². The number of carbonyl (C=O) groups excluding carboxylic acids is 2. The third kappa shape index (κ3) is 4.57. The number of hydrogen-bond acceptors (Lipinski definition) is 5. The van der Waals surface area contributed by atoms with E-state index in [9.17, 15) is 9.59 Å². The number of carbonyl (C=O) groups is 2. The molecule has 1 aromatic carbocycles. The molecule has 2 heterocycles. The normalized spacial score (nSPS) is 14.7. The molecule has 0 radical (unpaired) electrons. The van der Waals surface area contributed by atoms with Gasteiger partial charge in [-0.3, -0.25) is 4.79 Å². The first-order chi connectivity index (χ1) is 13.0. The molecule has 2 aromatic rings. The Balaban J connectivity index is 1.70. The van der Waals surface area contributed by atoms with Crippen LogP contribution in [0.2, 0.25) is 5.02 Å². The zero-order chi connectivity index (χ0) is 19.4. The van der Waals surface area contributed by atoms with Crippen molar-refractivity contribution in [1.29, 1.82) is 0 Å². The molecule has 1 aromatic heterocycles. The second-order valence-electron chi connectivity index (χ2n) is 6.71. The molecule has 0 aliphatic carbocycles. The monoisotopic (exact) mass is 387 g/mol. The molecule has 1 amide bonds. The minimum Gasteiger partial charge on any atom is -0.465 e. The van der Waals surface area contributed by atoms with E-state index in [4.69, 9.17) is 11.6 Å². The van der Waals surface area contributed by atoms with Crippen LogP contribution >= 0.6 is 11.6 Å². The lowest BCUT2D eigenvalue weighted by Gasteiger charge is -2.31. The highest BCUT2D eigenvalue weighted by Crippen LogP contribution is 2.25. The Bertz CT molecular complexity index is 831. The van der Waals surface area contributed by atoms with Gasteiger partial charge in [0.25, 0.3) is 5.91 Å². The molecule has 0 unspecified atom stereocenters. The summed E-state index contributed by atoms with van der Waals surface area (Å²) in [6.45, 7) is 4.23. The largest absolute Gasteiger partial charge is 0.465 e. The van der Waals surface area contributed by atoms with E-state index in [1.807, 2.05) is 6.07 Å². The summed E-state index contributed by atoms with van der Waals surface area (Å²) in [5, 5.41) is 3.05. The molecule has 1 fully saturated rings. The Morgan fingerprint density at radius 2 is 1.89 bits per heavy atom. The number of pyridine rings is 1. The topological polar surface area (TPSA) is 71.5 Å². The first-order valence-corrected chi connectivity index (χ1v) is 9.26. The molecule has 1 saturated heterocycles. The maximum Gasteiger partial charge on any atom is 0.337 e. The van der Waals surface area contributed by atoms with Crippen molar-refractivity contribution >= 4 is 35.0 Å². The number of methoxy groups -OCH3 is 1. The van der Waals surface area contributed by atoms with Crippen LogP contribution in [0.3, 0.4) is 0 Å². The number of nitrogens with zero attached hydrogens (tertiary/aromatic N) is 2. The first kappa shape index (κ1) is 19.2. The van der Waals surface area contributed by atoms with E-state index < -0.39 is 5.97 Å². The maximum atomic E-state index is 12.5. The van der Waals surface area contributed by atoms with Crippen molar-refractivity contribution < 1.29 is 14.3 Å². The minimum absolute atomic E-state index is 0.310. The van der Waals surface area contributed by atoms with E-state index in [0.29, 0.717) is 21.8 Å². The summed E-state index contributed by atoms with van der Waals surface area (Å²) in [6, 6.07) is 8.18. The zero-order valence-electron chi connectivity index (χ0n) is 15.4. The average Bonchev–Trinajstić information content (AvgIpc) is 2.69. The van der Waals surface area contributed by atoms with Crippen LogP contribution in [-0.4, -0.2) is 37.1 Å². The lowest BCUT2D eigenvalue weighted by Crippen LogP contribution is -2.33. The fraction of sp³-hybridized carbons (Fsp3) is 0.350. The summed E-state index contributed by atoms with van der Waals surface area (Å²) in [5.41, 5.74) is 1.08. The molecule has 1 aliphatic heterocycles. The quantitative estimate of drug-likeness (QED) is 0.802. The third-order valence-corrected chi connectivity index (χ3v) is 5.08. The predicted octanol–water partition coefficient (Wildman–Crippen LogP) is 4.01. The van der Waals surface area contributed by atoms with Crippen LogP contribution in [0.25, 0.3) is 0 Å². The summed E-state index contributed by atoms with van der Waals surface area (Å²) < 4.78 is 4.69.